The van der Waals surface area contributed by atoms with Crippen LogP contribution in [0, 0.1) is 5.21 Å². The number of nitrogens with zero attached hydrogens (tertiary/aromatic N) is 2. The molecule has 6 nitrogen and oxygen atoms in total. The maximum absolute atomic E-state index is 9.85. The van der Waals surface area contributed by atoms with Crippen molar-refractivity contribution in [2.45, 2.75) is 0 Å². The largest absolute Gasteiger partial charge is 0.569 e. The van der Waals surface area contributed by atoms with Gasteiger partial charge in [-0.05, 0) is 0 Å². The van der Waals surface area contributed by atoms with Gasteiger partial charge in [0.25, 0.3) is 0 Å². The van der Waals surface area contributed by atoms with E-state index in [2.05, 4.69) is 5.28 Å². The second-order valence-electron chi connectivity index (χ2n) is 0.994. The first kappa shape index (κ1) is 6.96. The molecule has 0 aliphatic rings. The third kappa shape index (κ3) is 3.16. The molecule has 0 bridgehead atoms. The van der Waals surface area contributed by atoms with Crippen LogP contribution in [-0.2, 0) is 0 Å². The van der Waals surface area contributed by atoms with Crippen LogP contribution in [0.3, 0.4) is 0 Å². The summed E-state index contributed by atoms with van der Waals surface area (Å²) < 4.78 is 0. The molecule has 0 saturated heterocycles. The molecule has 8 heavy (non-hydrogen) atoms. The molecule has 0 atom stereocenters. The van der Waals surface area contributed by atoms with E-state index in [0.717, 1.165) is 0 Å². The van der Waals surface area contributed by atoms with Crippen molar-refractivity contribution in [2.75, 3.05) is 13.2 Å². The van der Waals surface area contributed by atoms with Gasteiger partial charge in [0.1, 0.15) is 0 Å². The Hall–Kier alpha value is -1.04. The van der Waals surface area contributed by atoms with Crippen LogP contribution in [-0.4, -0.2) is 28.4 Å². The lowest BCUT2D eigenvalue weighted by Gasteiger charge is -1.95. The molecule has 0 fully saturated rings. The van der Waals surface area contributed by atoms with Crippen LogP contribution in [0.1, 0.15) is 0 Å². The van der Waals surface area contributed by atoms with Gasteiger partial charge in [-0.15, -0.1) is 0 Å². The fourth-order valence-corrected chi connectivity index (χ4v) is 0.177. The number of nitrogens with one attached hydrogen (secondary N) is 1. The van der Waals surface area contributed by atoms with Crippen molar-refractivity contribution in [3.8, 4) is 0 Å². The Morgan fingerprint density at radius 2 is 2.38 bits per heavy atom. The molecule has 0 spiro atoms. The molecule has 0 saturated carbocycles. The Labute approximate surface area is 45.6 Å². The van der Waals surface area contributed by atoms with Crippen LogP contribution >= 0.6 is 0 Å². The molecule has 0 aromatic rings. The summed E-state index contributed by atoms with van der Waals surface area (Å²) in [5.74, 6) is 0. The predicted molar refractivity (Wildman–Crippen MR) is 22.9 cm³/mol. The van der Waals surface area contributed by atoms with E-state index in [1.165, 1.54) is 0 Å². The lowest BCUT2D eigenvalue weighted by Crippen LogP contribution is -2.25. The SMILES string of the molecule is [O-]/[N+](=N/O)NCCO. The van der Waals surface area contributed by atoms with Crippen LogP contribution in [0.5, 0.6) is 0 Å². The van der Waals surface area contributed by atoms with Crippen LogP contribution in [0.25, 0.3) is 0 Å². The average molecular weight is 121 g/mol. The first-order chi connectivity index (χ1) is 3.81. The Kier molecular flexibility index (Phi) is 3.59. The van der Waals surface area contributed by atoms with E-state index >= 15 is 0 Å². The van der Waals surface area contributed by atoms with Gasteiger partial charge in [-0.1, -0.05) is 0 Å². The summed E-state index contributed by atoms with van der Waals surface area (Å²) in [6.07, 6.45) is 0. The van der Waals surface area contributed by atoms with Crippen LogP contribution in [0.15, 0.2) is 5.28 Å². The van der Waals surface area contributed by atoms with Gasteiger partial charge in [0.15, 0.2) is 0 Å². The highest BCUT2D eigenvalue weighted by Crippen LogP contribution is 1.61. The highest BCUT2D eigenvalue weighted by Gasteiger charge is 1.87. The Bertz CT molecular complexity index is 82.6. The van der Waals surface area contributed by atoms with Crippen molar-refractivity contribution in [3.63, 3.8) is 0 Å². The second kappa shape index (κ2) is 4.13. The Morgan fingerprint density at radius 3 is 2.75 bits per heavy atom. The van der Waals surface area contributed by atoms with E-state index in [9.17, 15) is 5.21 Å². The van der Waals surface area contributed by atoms with E-state index in [1.807, 2.05) is 5.43 Å². The van der Waals surface area contributed by atoms with Crippen LogP contribution in [0.4, 0.5) is 0 Å². The highest BCUT2D eigenvalue weighted by atomic mass is 16.6. The van der Waals surface area contributed by atoms with Gasteiger partial charge < -0.3 is 15.5 Å². The average Bonchev–Trinajstić information content (AvgIpc) is 1.83. The summed E-state index contributed by atoms with van der Waals surface area (Å²) >= 11 is 0. The fourth-order valence-electron chi connectivity index (χ4n) is 0.177. The van der Waals surface area contributed by atoms with Gasteiger partial charge in [-0.25, -0.2) is 0 Å². The summed E-state index contributed by atoms with van der Waals surface area (Å²) in [4.78, 5) is -0.143. The molecule has 0 aliphatic heterocycles. The molecule has 0 aromatic heterocycles. The third-order valence-electron chi connectivity index (χ3n) is 0.440. The lowest BCUT2D eigenvalue weighted by molar-refractivity contribution is -0.612. The van der Waals surface area contributed by atoms with E-state index in [4.69, 9.17) is 10.3 Å². The molecule has 0 amide bonds. The maximum Gasteiger partial charge on any atom is 0.230 e. The van der Waals surface area contributed by atoms with Gasteiger partial charge in [-0.3, -0.25) is 0 Å². The first-order valence-electron chi connectivity index (χ1n) is 1.98. The summed E-state index contributed by atoms with van der Waals surface area (Å²) in [5.41, 5.74) is 1.99. The number of hydrazine groups is 1. The zero-order chi connectivity index (χ0) is 6.41. The first-order valence-corrected chi connectivity index (χ1v) is 1.98. The van der Waals surface area contributed by atoms with Crippen molar-refractivity contribution in [3.05, 3.63) is 5.21 Å². The third-order valence-corrected chi connectivity index (χ3v) is 0.440. The molecule has 3 N–H and O–H groups in total. The van der Waals surface area contributed by atoms with Gasteiger partial charge in [0.05, 0.1) is 18.1 Å². The summed E-state index contributed by atoms with van der Waals surface area (Å²) in [7, 11) is 0. The van der Waals surface area contributed by atoms with E-state index in [-0.39, 0.29) is 18.1 Å². The predicted octanol–water partition coefficient (Wildman–Crippen LogP) is -1.17. The van der Waals surface area contributed by atoms with Crippen molar-refractivity contribution in [1.82, 2.24) is 5.43 Å². The number of aliphatic hydroxyl groups is 1. The Morgan fingerprint density at radius 1 is 1.75 bits per heavy atom. The van der Waals surface area contributed by atoms with Gasteiger partial charge in [0.2, 0.25) is 5.28 Å². The number of rotatable bonds is 3. The Balaban J connectivity index is 3.12. The quantitative estimate of drug-likeness (QED) is 0.249. The van der Waals surface area contributed by atoms with Crippen molar-refractivity contribution in [1.29, 1.82) is 0 Å². The molecule has 0 aliphatic carbocycles. The molecule has 0 rings (SSSR count). The lowest BCUT2D eigenvalue weighted by atomic mass is 10.7. The minimum Gasteiger partial charge on any atom is -0.569 e. The van der Waals surface area contributed by atoms with Crippen LogP contribution < -0.4 is 5.43 Å². The number of aliphatic hydroxyl groups excluding tert-OH is 1. The molecule has 6 heteroatoms. The van der Waals surface area contributed by atoms with E-state index in [1.54, 1.807) is 0 Å². The van der Waals surface area contributed by atoms with Gasteiger partial charge in [0, 0.05) is 0 Å². The zero-order valence-electron chi connectivity index (χ0n) is 4.11. The minimum absolute atomic E-state index is 0.0769. The molecule has 0 aromatic carbocycles. The van der Waals surface area contributed by atoms with Gasteiger partial charge >= 0.3 is 0 Å². The minimum atomic E-state index is -0.172. The molecule has 0 unspecified atom stereocenters. The monoisotopic (exact) mass is 121 g/mol. The van der Waals surface area contributed by atoms with Crippen molar-refractivity contribution in [2.24, 2.45) is 5.28 Å². The molecule has 0 radical (unpaired) electrons. The smallest absolute Gasteiger partial charge is 0.230 e. The van der Waals surface area contributed by atoms with E-state index < -0.39 is 0 Å². The normalized spacial score (nSPS) is 11.4. The standard InChI is InChI=1S/C2H7N3O3/c6-2-1-3-5(8)4-7/h6-7H,1-2H2,(H,3,4). The fraction of sp³-hybridized carbons (Fsp3) is 1.00. The summed E-state index contributed by atoms with van der Waals surface area (Å²) in [6.45, 7) is -0.0954. The molecule has 0 heterocycles. The number of hydrogen-bond acceptors (Lipinski definition) is 3. The second-order valence-corrected chi connectivity index (χ2v) is 0.994. The molecule has 48 valence electrons. The highest BCUT2D eigenvalue weighted by molar-refractivity contribution is 4.22. The van der Waals surface area contributed by atoms with Crippen molar-refractivity contribution >= 4 is 0 Å². The van der Waals surface area contributed by atoms with Gasteiger partial charge in [-0.2, -0.15) is 5.43 Å². The number of hydrogen-bond donors (Lipinski definition) is 3. The summed E-state index contributed by atoms with van der Waals surface area (Å²) in [6, 6.07) is 0. The molecular weight excluding hydrogens is 114 g/mol. The zero-order valence-corrected chi connectivity index (χ0v) is 4.11. The molecular formula is C2H7N3O3. The van der Waals surface area contributed by atoms with E-state index in [0.29, 0.717) is 0 Å². The maximum atomic E-state index is 9.85. The van der Waals surface area contributed by atoms with Crippen LogP contribution in [0.2, 0.25) is 0 Å². The summed E-state index contributed by atoms with van der Waals surface area (Å²) in [5, 5.41) is 27.7. The topological polar surface area (TPSA) is 90.9 Å². The van der Waals surface area contributed by atoms with Crippen molar-refractivity contribution < 1.29 is 15.3 Å².